The van der Waals surface area contributed by atoms with Gasteiger partial charge in [0.25, 0.3) is 11.5 Å². The fourth-order valence-corrected chi connectivity index (χ4v) is 4.43. The largest absolute Gasteiger partial charge is 0.345 e. The number of nitrogens with one attached hydrogen (secondary N) is 2. The van der Waals surface area contributed by atoms with Crippen LogP contribution in [0.5, 0.6) is 0 Å². The minimum Gasteiger partial charge on any atom is -0.345 e. The van der Waals surface area contributed by atoms with Crippen molar-refractivity contribution in [2.24, 2.45) is 0 Å². The molecule has 0 aliphatic heterocycles. The summed E-state index contributed by atoms with van der Waals surface area (Å²) in [6.45, 7) is 4.33. The van der Waals surface area contributed by atoms with Gasteiger partial charge in [-0.25, -0.2) is 13.4 Å². The Kier molecular flexibility index (Phi) is 6.09. The number of carbonyl (C=O) groups excluding carboxylic acids is 1. The third kappa shape index (κ3) is 4.36. The number of aromatic amines is 1. The number of carbonyl (C=O) groups is 1. The molecule has 0 atom stereocenters. The van der Waals surface area contributed by atoms with E-state index in [9.17, 15) is 18.0 Å². The zero-order valence-corrected chi connectivity index (χ0v) is 17.0. The monoisotopic (exact) mass is 414 g/mol. The number of nitrogens with zero attached hydrogens (tertiary/aromatic N) is 2. The molecule has 0 saturated carbocycles. The maximum Gasteiger partial charge on any atom is 0.258 e. The topological polar surface area (TPSA) is 112 Å². The second kappa shape index (κ2) is 8.54. The zero-order chi connectivity index (χ0) is 21.0. The molecule has 2 aromatic carbocycles. The highest BCUT2D eigenvalue weighted by atomic mass is 32.2. The smallest absolute Gasteiger partial charge is 0.258 e. The standard InChI is InChI=1S/C20H22N4O4S/c1-3-24(4-2)29(27,28)15-11-9-14(10-12-15)19(25)21-13-18-22-17-8-6-5-7-16(17)20(26)23-18/h5-12H,3-4,13H2,1-2H3,(H,21,25)(H,22,23,26). The summed E-state index contributed by atoms with van der Waals surface area (Å²) in [5.41, 5.74) is 0.587. The molecule has 0 fully saturated rings. The van der Waals surface area contributed by atoms with Gasteiger partial charge in [-0.1, -0.05) is 26.0 Å². The number of rotatable bonds is 7. The minimum atomic E-state index is -3.57. The number of sulfonamides is 1. The molecule has 1 aromatic heterocycles. The molecule has 8 nitrogen and oxygen atoms in total. The first-order chi connectivity index (χ1) is 13.9. The SMILES string of the molecule is CCN(CC)S(=O)(=O)c1ccc(C(=O)NCc2nc3ccccc3c(=O)[nH]2)cc1. The third-order valence-electron chi connectivity index (χ3n) is 4.54. The molecule has 0 aliphatic rings. The van der Waals surface area contributed by atoms with Crippen LogP contribution in [0.3, 0.4) is 0 Å². The van der Waals surface area contributed by atoms with Gasteiger partial charge in [0.1, 0.15) is 5.82 Å². The number of hydrogen-bond acceptors (Lipinski definition) is 5. The lowest BCUT2D eigenvalue weighted by atomic mass is 10.2. The van der Waals surface area contributed by atoms with E-state index in [2.05, 4.69) is 15.3 Å². The van der Waals surface area contributed by atoms with E-state index < -0.39 is 15.9 Å². The normalized spacial score (nSPS) is 11.7. The Morgan fingerprint density at radius 3 is 2.38 bits per heavy atom. The van der Waals surface area contributed by atoms with E-state index in [0.29, 0.717) is 35.4 Å². The van der Waals surface area contributed by atoms with Gasteiger partial charge in [-0.05, 0) is 36.4 Å². The van der Waals surface area contributed by atoms with Gasteiger partial charge in [-0.15, -0.1) is 0 Å². The van der Waals surface area contributed by atoms with Crippen LogP contribution in [0.4, 0.5) is 0 Å². The van der Waals surface area contributed by atoms with Crippen LogP contribution in [-0.4, -0.2) is 41.7 Å². The molecular weight excluding hydrogens is 392 g/mol. The van der Waals surface area contributed by atoms with Crippen molar-refractivity contribution in [1.29, 1.82) is 0 Å². The summed E-state index contributed by atoms with van der Waals surface area (Å²) >= 11 is 0. The maximum absolute atomic E-state index is 12.5. The molecule has 0 radical (unpaired) electrons. The van der Waals surface area contributed by atoms with Gasteiger partial charge in [-0.2, -0.15) is 4.31 Å². The summed E-state index contributed by atoms with van der Waals surface area (Å²) in [6.07, 6.45) is 0. The van der Waals surface area contributed by atoms with Gasteiger partial charge in [-0.3, -0.25) is 9.59 Å². The summed E-state index contributed by atoms with van der Waals surface area (Å²) in [5.74, 6) is -0.0598. The van der Waals surface area contributed by atoms with E-state index in [0.717, 1.165) is 0 Å². The first kappa shape index (κ1) is 20.7. The molecule has 3 rings (SSSR count). The van der Waals surface area contributed by atoms with Crippen molar-refractivity contribution in [2.45, 2.75) is 25.3 Å². The molecule has 0 unspecified atom stereocenters. The lowest BCUT2D eigenvalue weighted by Gasteiger charge is -2.18. The Hall–Kier alpha value is -3.04. The van der Waals surface area contributed by atoms with Crippen molar-refractivity contribution < 1.29 is 13.2 Å². The molecule has 0 aliphatic carbocycles. The molecule has 9 heteroatoms. The summed E-state index contributed by atoms with van der Waals surface area (Å²) in [7, 11) is -3.57. The van der Waals surface area contributed by atoms with Crippen LogP contribution in [0, 0.1) is 0 Å². The zero-order valence-electron chi connectivity index (χ0n) is 16.2. The van der Waals surface area contributed by atoms with Gasteiger partial charge < -0.3 is 10.3 Å². The minimum absolute atomic E-state index is 0.0401. The Morgan fingerprint density at radius 1 is 1.07 bits per heavy atom. The van der Waals surface area contributed by atoms with Crippen LogP contribution in [0.2, 0.25) is 0 Å². The van der Waals surface area contributed by atoms with Crippen LogP contribution < -0.4 is 10.9 Å². The highest BCUT2D eigenvalue weighted by Gasteiger charge is 2.21. The molecule has 29 heavy (non-hydrogen) atoms. The Balaban J connectivity index is 1.73. The number of hydrogen-bond donors (Lipinski definition) is 2. The maximum atomic E-state index is 12.5. The van der Waals surface area contributed by atoms with Crippen LogP contribution in [0.15, 0.2) is 58.2 Å². The molecule has 1 amide bonds. The number of benzene rings is 2. The summed E-state index contributed by atoms with van der Waals surface area (Å²) < 4.78 is 26.4. The van der Waals surface area contributed by atoms with Crippen molar-refractivity contribution in [1.82, 2.24) is 19.6 Å². The summed E-state index contributed by atoms with van der Waals surface area (Å²) in [4.78, 5) is 31.6. The average molecular weight is 414 g/mol. The highest BCUT2D eigenvalue weighted by Crippen LogP contribution is 2.16. The number of para-hydroxylation sites is 1. The lowest BCUT2D eigenvalue weighted by molar-refractivity contribution is 0.0949. The molecule has 0 bridgehead atoms. The van der Waals surface area contributed by atoms with Crippen LogP contribution in [0.1, 0.15) is 30.0 Å². The van der Waals surface area contributed by atoms with Crippen molar-refractivity contribution in [3.05, 3.63) is 70.3 Å². The van der Waals surface area contributed by atoms with Gasteiger partial charge in [0, 0.05) is 18.7 Å². The van der Waals surface area contributed by atoms with Crippen molar-refractivity contribution >= 4 is 26.8 Å². The average Bonchev–Trinajstić information content (AvgIpc) is 2.73. The Bertz CT molecular complexity index is 1180. The highest BCUT2D eigenvalue weighted by molar-refractivity contribution is 7.89. The van der Waals surface area contributed by atoms with Crippen LogP contribution >= 0.6 is 0 Å². The summed E-state index contributed by atoms with van der Waals surface area (Å²) in [5, 5.41) is 3.16. The van der Waals surface area contributed by atoms with Crippen LogP contribution in [-0.2, 0) is 16.6 Å². The van der Waals surface area contributed by atoms with Crippen molar-refractivity contribution in [2.75, 3.05) is 13.1 Å². The van der Waals surface area contributed by atoms with Gasteiger partial charge in [0.05, 0.1) is 22.3 Å². The molecule has 152 valence electrons. The first-order valence-corrected chi connectivity index (χ1v) is 10.7. The second-order valence-electron chi connectivity index (χ2n) is 6.33. The number of amides is 1. The third-order valence-corrected chi connectivity index (χ3v) is 6.60. The summed E-state index contributed by atoms with van der Waals surface area (Å²) in [6, 6.07) is 12.7. The fourth-order valence-electron chi connectivity index (χ4n) is 2.98. The fraction of sp³-hybridized carbons (Fsp3) is 0.250. The Morgan fingerprint density at radius 2 is 1.72 bits per heavy atom. The van der Waals surface area contributed by atoms with Gasteiger partial charge in [0.15, 0.2) is 0 Å². The predicted octanol–water partition coefficient (Wildman–Crippen LogP) is 1.88. The van der Waals surface area contributed by atoms with Gasteiger partial charge in [0.2, 0.25) is 10.0 Å². The molecule has 0 spiro atoms. The molecule has 3 aromatic rings. The van der Waals surface area contributed by atoms with E-state index in [1.165, 1.54) is 28.6 Å². The van der Waals surface area contributed by atoms with E-state index in [-0.39, 0.29) is 17.0 Å². The van der Waals surface area contributed by atoms with Crippen LogP contribution in [0.25, 0.3) is 10.9 Å². The predicted molar refractivity (Wildman–Crippen MR) is 110 cm³/mol. The van der Waals surface area contributed by atoms with Crippen molar-refractivity contribution in [3.8, 4) is 0 Å². The lowest BCUT2D eigenvalue weighted by Crippen LogP contribution is -2.30. The Labute approximate surface area is 168 Å². The first-order valence-electron chi connectivity index (χ1n) is 9.23. The molecule has 0 saturated heterocycles. The number of fused-ring (bicyclic) bond motifs is 1. The van der Waals surface area contributed by atoms with Crippen molar-refractivity contribution in [3.63, 3.8) is 0 Å². The van der Waals surface area contributed by atoms with E-state index in [1.807, 2.05) is 0 Å². The van der Waals surface area contributed by atoms with E-state index in [1.54, 1.807) is 38.1 Å². The van der Waals surface area contributed by atoms with E-state index in [4.69, 9.17) is 0 Å². The van der Waals surface area contributed by atoms with E-state index >= 15 is 0 Å². The number of aromatic nitrogens is 2. The second-order valence-corrected chi connectivity index (χ2v) is 8.26. The number of H-pyrrole nitrogens is 1. The quantitative estimate of drug-likeness (QED) is 0.613. The molecule has 2 N–H and O–H groups in total. The van der Waals surface area contributed by atoms with Gasteiger partial charge >= 0.3 is 0 Å². The molecule has 1 heterocycles. The molecular formula is C20H22N4O4S.